The third-order valence-corrected chi connectivity index (χ3v) is 8.11. The predicted octanol–water partition coefficient (Wildman–Crippen LogP) is 0.186. The Kier molecular flexibility index (Phi) is 7.53. The highest BCUT2D eigenvalue weighted by Crippen LogP contribution is 2.36. The van der Waals surface area contributed by atoms with E-state index in [1.807, 2.05) is 35.2 Å². The minimum atomic E-state index is -0.770. The number of hydrogen-bond acceptors (Lipinski definition) is 6. The predicted molar refractivity (Wildman–Crippen MR) is 135 cm³/mol. The van der Waals surface area contributed by atoms with Crippen molar-refractivity contribution in [3.63, 3.8) is 0 Å². The molecule has 4 saturated heterocycles. The molecule has 4 aliphatic rings. The molecular weight excluding hydrogens is 490 g/mol. The van der Waals surface area contributed by atoms with E-state index in [2.05, 4.69) is 16.0 Å². The lowest BCUT2D eigenvalue weighted by Gasteiger charge is -2.51. The van der Waals surface area contributed by atoms with E-state index in [9.17, 15) is 24.0 Å². The van der Waals surface area contributed by atoms with Crippen LogP contribution in [0.15, 0.2) is 30.3 Å². The lowest BCUT2D eigenvalue weighted by molar-refractivity contribution is -0.149. The number of fused-ring (bicyclic) bond motifs is 4. The highest BCUT2D eigenvalue weighted by atomic mass is 16.6. The molecule has 4 fully saturated rings. The van der Waals surface area contributed by atoms with Gasteiger partial charge in [-0.2, -0.15) is 0 Å². The number of carbonyl (C=O) groups excluding carboxylic acids is 5. The standard InChI is InChI=1S/C27H35N5O6/c1-16-24(34)29-20(11-17-6-3-2-4-7-17)26(36)32-13-18-10-19(22(32)8-5-9-23(33)28-16)14-31(12-18)25(35)21-15-38-27(37)30-21/h2-4,6-7,16,18-22H,5,8-15H2,1H3,(H,28,33)(H,29,34)(H,30,37)/t16-,18+,19-,20+,21+,22+/m1/s1. The Labute approximate surface area is 221 Å². The highest BCUT2D eigenvalue weighted by Gasteiger charge is 2.46. The summed E-state index contributed by atoms with van der Waals surface area (Å²) in [6.07, 6.45) is 2.09. The zero-order valence-electron chi connectivity index (χ0n) is 21.6. The number of rotatable bonds is 3. The molecule has 11 heteroatoms. The fraction of sp³-hybridized carbons (Fsp3) is 0.593. The van der Waals surface area contributed by atoms with Crippen molar-refractivity contribution in [3.8, 4) is 0 Å². The van der Waals surface area contributed by atoms with E-state index in [0.29, 0.717) is 38.9 Å². The minimum absolute atomic E-state index is 0.0198. The molecule has 4 aliphatic heterocycles. The molecule has 1 aromatic carbocycles. The van der Waals surface area contributed by atoms with Gasteiger partial charge < -0.3 is 30.5 Å². The van der Waals surface area contributed by atoms with Crippen molar-refractivity contribution in [2.45, 2.75) is 63.2 Å². The van der Waals surface area contributed by atoms with Gasteiger partial charge in [0.2, 0.25) is 23.6 Å². The van der Waals surface area contributed by atoms with Crippen molar-refractivity contribution in [2.75, 3.05) is 26.2 Å². The third-order valence-electron chi connectivity index (χ3n) is 8.11. The molecule has 1 aromatic rings. The van der Waals surface area contributed by atoms with E-state index < -0.39 is 24.2 Å². The van der Waals surface area contributed by atoms with Gasteiger partial charge in [-0.3, -0.25) is 19.2 Å². The Bertz CT molecular complexity index is 1100. The maximum absolute atomic E-state index is 14.1. The van der Waals surface area contributed by atoms with Gasteiger partial charge in [0.1, 0.15) is 24.7 Å². The Morgan fingerprint density at radius 3 is 2.55 bits per heavy atom. The van der Waals surface area contributed by atoms with E-state index in [1.165, 1.54) is 0 Å². The monoisotopic (exact) mass is 525 g/mol. The zero-order chi connectivity index (χ0) is 26.8. The van der Waals surface area contributed by atoms with Crippen LogP contribution in [0.5, 0.6) is 0 Å². The van der Waals surface area contributed by atoms with Crippen LogP contribution in [0.1, 0.15) is 38.2 Å². The summed E-state index contributed by atoms with van der Waals surface area (Å²) in [5.41, 5.74) is 0.932. The molecule has 4 heterocycles. The van der Waals surface area contributed by atoms with E-state index >= 15 is 0 Å². The van der Waals surface area contributed by atoms with Crippen molar-refractivity contribution in [1.29, 1.82) is 0 Å². The fourth-order valence-corrected chi connectivity index (χ4v) is 6.29. The van der Waals surface area contributed by atoms with Gasteiger partial charge in [-0.05, 0) is 43.6 Å². The Morgan fingerprint density at radius 2 is 1.82 bits per heavy atom. The summed E-state index contributed by atoms with van der Waals surface area (Å²) in [5, 5.41) is 8.22. The normalized spacial score (nSPS) is 32.1. The van der Waals surface area contributed by atoms with Crippen molar-refractivity contribution in [2.24, 2.45) is 11.8 Å². The van der Waals surface area contributed by atoms with Crippen molar-refractivity contribution < 1.29 is 28.7 Å². The number of likely N-dealkylation sites (tertiary alicyclic amines) is 1. The van der Waals surface area contributed by atoms with Gasteiger partial charge in [0.25, 0.3) is 0 Å². The molecule has 0 radical (unpaired) electrons. The maximum atomic E-state index is 14.1. The van der Waals surface area contributed by atoms with Crippen molar-refractivity contribution >= 4 is 29.7 Å². The smallest absolute Gasteiger partial charge is 0.407 e. The number of nitrogens with one attached hydrogen (secondary N) is 3. The van der Waals surface area contributed by atoms with Crippen LogP contribution in [-0.2, 0) is 30.3 Å². The van der Waals surface area contributed by atoms with Crippen LogP contribution >= 0.6 is 0 Å². The van der Waals surface area contributed by atoms with Gasteiger partial charge >= 0.3 is 6.09 Å². The molecule has 11 nitrogen and oxygen atoms in total. The zero-order valence-corrected chi connectivity index (χ0v) is 21.6. The average molecular weight is 526 g/mol. The molecule has 5 amide bonds. The van der Waals surface area contributed by atoms with Gasteiger partial charge in [0.05, 0.1) is 0 Å². The average Bonchev–Trinajstić information content (AvgIpc) is 3.34. The summed E-state index contributed by atoms with van der Waals surface area (Å²) in [6, 6.07) is 7.19. The topological polar surface area (TPSA) is 137 Å². The molecular formula is C27H35N5O6. The van der Waals surface area contributed by atoms with Crippen LogP contribution in [-0.4, -0.2) is 89.9 Å². The second-order valence-electron chi connectivity index (χ2n) is 10.9. The molecule has 0 aromatic heterocycles. The Hall–Kier alpha value is -3.63. The number of piperidine rings is 2. The molecule has 6 atom stereocenters. The molecule has 204 valence electrons. The Morgan fingerprint density at radius 1 is 1.03 bits per heavy atom. The van der Waals surface area contributed by atoms with Crippen LogP contribution in [0.2, 0.25) is 0 Å². The van der Waals surface area contributed by atoms with Crippen molar-refractivity contribution in [3.05, 3.63) is 35.9 Å². The largest absolute Gasteiger partial charge is 0.447 e. The summed E-state index contributed by atoms with van der Waals surface area (Å²) >= 11 is 0. The van der Waals surface area contributed by atoms with E-state index in [4.69, 9.17) is 4.74 Å². The SMILES string of the molecule is C[C@H]1NC(=O)CCC[C@H]2[C@@H]3C[C@@H](CN(C(=O)[C@@H]4COC(=O)N4)C3)CN2C(=O)[C@H](Cc2ccccc2)NC1=O. The third kappa shape index (κ3) is 5.61. The first-order valence-corrected chi connectivity index (χ1v) is 13.4. The summed E-state index contributed by atoms with van der Waals surface area (Å²) < 4.78 is 4.91. The number of nitrogens with zero attached hydrogens (tertiary/aromatic N) is 2. The molecule has 0 spiro atoms. The summed E-state index contributed by atoms with van der Waals surface area (Å²) in [7, 11) is 0. The van der Waals surface area contributed by atoms with E-state index in [1.54, 1.807) is 11.8 Å². The number of benzene rings is 1. The fourth-order valence-electron chi connectivity index (χ4n) is 6.29. The molecule has 0 unspecified atom stereocenters. The lowest BCUT2D eigenvalue weighted by Crippen LogP contribution is -2.64. The molecule has 0 aliphatic carbocycles. The number of carbonyl (C=O) groups is 5. The Balaban J connectivity index is 1.39. The molecule has 5 rings (SSSR count). The van der Waals surface area contributed by atoms with Crippen LogP contribution < -0.4 is 16.0 Å². The number of alkyl carbamates (subject to hydrolysis) is 1. The first kappa shape index (κ1) is 26.0. The molecule has 2 bridgehead atoms. The first-order chi connectivity index (χ1) is 18.3. The van der Waals surface area contributed by atoms with E-state index in [-0.39, 0.29) is 54.5 Å². The first-order valence-electron chi connectivity index (χ1n) is 13.4. The second kappa shape index (κ2) is 11.0. The van der Waals surface area contributed by atoms with Gasteiger partial charge in [-0.25, -0.2) is 4.79 Å². The van der Waals surface area contributed by atoms with Gasteiger partial charge in [0.15, 0.2) is 0 Å². The lowest BCUT2D eigenvalue weighted by atomic mass is 9.77. The van der Waals surface area contributed by atoms with Crippen LogP contribution in [0.3, 0.4) is 0 Å². The van der Waals surface area contributed by atoms with Crippen molar-refractivity contribution in [1.82, 2.24) is 25.8 Å². The molecule has 0 saturated carbocycles. The summed E-state index contributed by atoms with van der Waals surface area (Å²) in [5.74, 6) is -0.764. The summed E-state index contributed by atoms with van der Waals surface area (Å²) in [6.45, 7) is 3.08. The van der Waals surface area contributed by atoms with Gasteiger partial charge in [-0.15, -0.1) is 0 Å². The van der Waals surface area contributed by atoms with Crippen LogP contribution in [0.25, 0.3) is 0 Å². The highest BCUT2D eigenvalue weighted by molar-refractivity contribution is 5.92. The van der Waals surface area contributed by atoms with Crippen LogP contribution in [0.4, 0.5) is 4.79 Å². The number of hydrogen-bond donors (Lipinski definition) is 3. The van der Waals surface area contributed by atoms with E-state index in [0.717, 1.165) is 12.0 Å². The second-order valence-corrected chi connectivity index (χ2v) is 10.9. The molecule has 38 heavy (non-hydrogen) atoms. The molecule has 3 N–H and O–H groups in total. The number of cyclic esters (lactones) is 1. The van der Waals surface area contributed by atoms with Gasteiger partial charge in [0, 0.05) is 38.5 Å². The maximum Gasteiger partial charge on any atom is 0.407 e. The van der Waals surface area contributed by atoms with Gasteiger partial charge in [-0.1, -0.05) is 30.3 Å². The number of amides is 5. The summed E-state index contributed by atoms with van der Waals surface area (Å²) in [4.78, 5) is 67.8. The number of ether oxygens (including phenoxy) is 1. The van der Waals surface area contributed by atoms with Crippen LogP contribution in [0, 0.1) is 11.8 Å². The minimum Gasteiger partial charge on any atom is -0.447 e. The quantitative estimate of drug-likeness (QED) is 0.515.